The second kappa shape index (κ2) is 8.89. The third-order valence-electron chi connectivity index (χ3n) is 3.39. The molecule has 2 aromatic rings. The lowest BCUT2D eigenvalue weighted by atomic mass is 10.1. The summed E-state index contributed by atoms with van der Waals surface area (Å²) >= 11 is 5.80. The average Bonchev–Trinajstić information content (AvgIpc) is 2.60. The Hall–Kier alpha value is -2.79. The number of halogens is 1. The van der Waals surface area contributed by atoms with Crippen molar-refractivity contribution in [2.45, 2.75) is 19.4 Å². The zero-order valence-electron chi connectivity index (χ0n) is 13.8. The van der Waals surface area contributed by atoms with Crippen LogP contribution in [0.15, 0.2) is 60.2 Å². The maximum Gasteiger partial charge on any atom is 0.280 e. The molecule has 0 aliphatic rings. The first-order valence-electron chi connectivity index (χ1n) is 7.68. The van der Waals surface area contributed by atoms with E-state index in [1.165, 1.54) is 6.21 Å². The van der Waals surface area contributed by atoms with E-state index in [4.69, 9.17) is 16.3 Å². The Morgan fingerprint density at radius 3 is 2.76 bits per heavy atom. The van der Waals surface area contributed by atoms with Crippen molar-refractivity contribution >= 4 is 23.7 Å². The molecule has 0 heterocycles. The Morgan fingerprint density at radius 1 is 1.36 bits per heavy atom. The molecule has 0 radical (unpaired) electrons. The van der Waals surface area contributed by atoms with E-state index in [0.29, 0.717) is 22.8 Å². The summed E-state index contributed by atoms with van der Waals surface area (Å²) in [5, 5.41) is 14.6. The van der Waals surface area contributed by atoms with Crippen LogP contribution >= 0.6 is 11.6 Å². The van der Waals surface area contributed by atoms with Gasteiger partial charge in [-0.3, -0.25) is 4.79 Å². The quantitative estimate of drug-likeness (QED) is 0.450. The number of phenolic OH excluding ortho intramolecular Hbond substituents is 1. The van der Waals surface area contributed by atoms with Gasteiger partial charge in [0.15, 0.2) is 6.10 Å². The maximum absolute atomic E-state index is 12.0. The second-order valence-corrected chi connectivity index (χ2v) is 5.73. The van der Waals surface area contributed by atoms with E-state index in [1.807, 2.05) is 0 Å². The molecule has 1 amide bonds. The molecule has 0 saturated carbocycles. The number of hydrazone groups is 1. The number of rotatable bonds is 7. The van der Waals surface area contributed by atoms with Crippen LogP contribution in [0.25, 0.3) is 0 Å². The lowest BCUT2D eigenvalue weighted by molar-refractivity contribution is -0.127. The maximum atomic E-state index is 12.0. The number of ether oxygens (including phenoxy) is 1. The Kier molecular flexibility index (Phi) is 6.60. The van der Waals surface area contributed by atoms with Crippen molar-refractivity contribution in [3.05, 3.63) is 71.3 Å². The number of phenols is 1. The van der Waals surface area contributed by atoms with Gasteiger partial charge in [0.2, 0.25) is 0 Å². The summed E-state index contributed by atoms with van der Waals surface area (Å²) in [5.74, 6) is 0.240. The van der Waals surface area contributed by atoms with Gasteiger partial charge in [-0.2, -0.15) is 5.10 Å². The molecule has 1 atom stereocenters. The number of para-hydroxylation sites is 1. The number of nitrogens with zero attached hydrogens (tertiary/aromatic N) is 1. The lowest BCUT2D eigenvalue weighted by Crippen LogP contribution is -2.33. The fourth-order valence-corrected chi connectivity index (χ4v) is 2.19. The molecule has 0 spiro atoms. The topological polar surface area (TPSA) is 70.9 Å². The zero-order valence-corrected chi connectivity index (χ0v) is 14.5. The van der Waals surface area contributed by atoms with Crippen LogP contribution in [-0.4, -0.2) is 23.3 Å². The van der Waals surface area contributed by atoms with Crippen LogP contribution in [0.3, 0.4) is 0 Å². The molecular weight excluding hydrogens is 340 g/mol. The number of carbonyl (C=O) groups excluding carboxylic acids is 1. The van der Waals surface area contributed by atoms with Gasteiger partial charge in [-0.25, -0.2) is 5.43 Å². The van der Waals surface area contributed by atoms with Gasteiger partial charge < -0.3 is 9.84 Å². The molecular formula is C19H19ClN2O3. The van der Waals surface area contributed by atoms with Gasteiger partial charge in [0.25, 0.3) is 5.91 Å². The third-order valence-corrected chi connectivity index (χ3v) is 3.64. The van der Waals surface area contributed by atoms with Crippen LogP contribution in [0.5, 0.6) is 11.5 Å². The highest BCUT2D eigenvalue weighted by atomic mass is 35.5. The van der Waals surface area contributed by atoms with Crippen LogP contribution in [0.1, 0.15) is 18.1 Å². The van der Waals surface area contributed by atoms with Crippen molar-refractivity contribution in [2.24, 2.45) is 5.10 Å². The van der Waals surface area contributed by atoms with Gasteiger partial charge in [0.05, 0.1) is 6.21 Å². The highest BCUT2D eigenvalue weighted by Crippen LogP contribution is 2.21. The summed E-state index contributed by atoms with van der Waals surface area (Å²) < 4.78 is 5.50. The summed E-state index contributed by atoms with van der Waals surface area (Å²) in [6.45, 7) is 5.26. The molecule has 130 valence electrons. The molecule has 0 saturated heterocycles. The van der Waals surface area contributed by atoms with Gasteiger partial charge in [0, 0.05) is 10.6 Å². The summed E-state index contributed by atoms with van der Waals surface area (Å²) in [4.78, 5) is 12.0. The SMILES string of the molecule is C=CCc1cccc(/C=N/NC(=O)C(C)Oc2ccc(Cl)cc2)c1O. The van der Waals surface area contributed by atoms with Crippen LogP contribution in [-0.2, 0) is 11.2 Å². The Labute approximate surface area is 151 Å². The van der Waals surface area contributed by atoms with Crippen LogP contribution in [0.4, 0.5) is 0 Å². The Morgan fingerprint density at radius 2 is 2.08 bits per heavy atom. The van der Waals surface area contributed by atoms with E-state index < -0.39 is 12.0 Å². The molecule has 25 heavy (non-hydrogen) atoms. The first-order valence-corrected chi connectivity index (χ1v) is 8.06. The highest BCUT2D eigenvalue weighted by molar-refractivity contribution is 6.30. The standard InChI is InChI=1S/C19H19ClN2O3/c1-3-5-14-6-4-7-15(18(14)23)12-21-22-19(24)13(2)25-17-10-8-16(20)9-11-17/h3-4,6-13,23H,1,5H2,2H3,(H,22,24)/b21-12+. The van der Waals surface area contributed by atoms with E-state index in [9.17, 15) is 9.90 Å². The molecule has 5 nitrogen and oxygen atoms in total. The van der Waals surface area contributed by atoms with E-state index in [2.05, 4.69) is 17.1 Å². The summed E-state index contributed by atoms with van der Waals surface area (Å²) in [7, 11) is 0. The summed E-state index contributed by atoms with van der Waals surface area (Å²) in [5.41, 5.74) is 3.64. The molecule has 2 N–H and O–H groups in total. The molecule has 0 aromatic heterocycles. The lowest BCUT2D eigenvalue weighted by Gasteiger charge is -2.12. The minimum Gasteiger partial charge on any atom is -0.507 e. The average molecular weight is 359 g/mol. The minimum absolute atomic E-state index is 0.117. The number of hydrogen-bond donors (Lipinski definition) is 2. The molecule has 1 unspecified atom stereocenters. The van der Waals surface area contributed by atoms with Crippen molar-refractivity contribution in [3.8, 4) is 11.5 Å². The fourth-order valence-electron chi connectivity index (χ4n) is 2.06. The summed E-state index contributed by atoms with van der Waals surface area (Å²) in [6, 6.07) is 12.0. The van der Waals surface area contributed by atoms with Gasteiger partial charge in [-0.15, -0.1) is 6.58 Å². The first-order chi connectivity index (χ1) is 12.0. The number of aromatic hydroxyl groups is 1. The number of benzene rings is 2. The fraction of sp³-hybridized carbons (Fsp3) is 0.158. The van der Waals surface area contributed by atoms with Crippen LogP contribution < -0.4 is 10.2 Å². The van der Waals surface area contributed by atoms with Gasteiger partial charge in [-0.1, -0.05) is 29.8 Å². The third kappa shape index (κ3) is 5.36. The molecule has 2 rings (SSSR count). The second-order valence-electron chi connectivity index (χ2n) is 5.30. The number of hydrogen-bond acceptors (Lipinski definition) is 4. The highest BCUT2D eigenvalue weighted by Gasteiger charge is 2.14. The number of amides is 1. The van der Waals surface area contributed by atoms with Gasteiger partial charge >= 0.3 is 0 Å². The predicted molar refractivity (Wildman–Crippen MR) is 99.3 cm³/mol. The molecule has 6 heteroatoms. The Bertz CT molecular complexity index is 773. The first kappa shape index (κ1) is 18.5. The van der Waals surface area contributed by atoms with Crippen molar-refractivity contribution in [2.75, 3.05) is 0 Å². The molecule has 0 aliphatic heterocycles. The zero-order chi connectivity index (χ0) is 18.2. The molecule has 0 fully saturated rings. The van der Waals surface area contributed by atoms with Crippen LogP contribution in [0.2, 0.25) is 5.02 Å². The van der Waals surface area contributed by atoms with Crippen molar-refractivity contribution in [1.29, 1.82) is 0 Å². The van der Waals surface area contributed by atoms with Crippen molar-refractivity contribution in [3.63, 3.8) is 0 Å². The van der Waals surface area contributed by atoms with E-state index >= 15 is 0 Å². The normalized spacial score (nSPS) is 11.9. The number of nitrogens with one attached hydrogen (secondary N) is 1. The predicted octanol–water partition coefficient (Wildman–Crippen LogP) is 3.69. The van der Waals surface area contributed by atoms with E-state index in [1.54, 1.807) is 55.5 Å². The van der Waals surface area contributed by atoms with Crippen LogP contribution in [0, 0.1) is 0 Å². The monoisotopic (exact) mass is 358 g/mol. The van der Waals surface area contributed by atoms with E-state index in [0.717, 1.165) is 5.56 Å². The molecule has 0 aliphatic carbocycles. The van der Waals surface area contributed by atoms with Gasteiger partial charge in [-0.05, 0) is 49.2 Å². The number of carbonyl (C=O) groups is 1. The summed E-state index contributed by atoms with van der Waals surface area (Å²) in [6.07, 6.45) is 2.90. The smallest absolute Gasteiger partial charge is 0.280 e. The number of allylic oxidation sites excluding steroid dienone is 1. The minimum atomic E-state index is -0.737. The van der Waals surface area contributed by atoms with Crippen molar-refractivity contribution in [1.82, 2.24) is 5.43 Å². The largest absolute Gasteiger partial charge is 0.507 e. The van der Waals surface area contributed by atoms with E-state index in [-0.39, 0.29) is 5.75 Å². The van der Waals surface area contributed by atoms with Crippen molar-refractivity contribution < 1.29 is 14.6 Å². The molecule has 2 aromatic carbocycles. The Balaban J connectivity index is 1.94. The molecule has 0 bridgehead atoms. The van der Waals surface area contributed by atoms with Gasteiger partial charge in [0.1, 0.15) is 11.5 Å².